The van der Waals surface area contributed by atoms with Gasteiger partial charge in [0.25, 0.3) is 0 Å². The highest BCUT2D eigenvalue weighted by atomic mass is 16.3. The minimum Gasteiger partial charge on any atom is -0.393 e. The van der Waals surface area contributed by atoms with Crippen LogP contribution in [-0.2, 0) is 4.79 Å². The molecular formula is C9H16O2. The Morgan fingerprint density at radius 2 is 2.09 bits per heavy atom. The normalized spacial score (nSPS) is 15.2. The third-order valence-electron chi connectivity index (χ3n) is 1.64. The van der Waals surface area contributed by atoms with Crippen LogP contribution >= 0.6 is 0 Å². The number of hydrogen-bond donors (Lipinski definition) is 1. The van der Waals surface area contributed by atoms with Crippen molar-refractivity contribution in [3.05, 3.63) is 11.6 Å². The molecule has 1 unspecified atom stereocenters. The molecule has 0 rings (SSSR count). The van der Waals surface area contributed by atoms with Gasteiger partial charge >= 0.3 is 0 Å². The summed E-state index contributed by atoms with van der Waals surface area (Å²) < 4.78 is 0. The summed E-state index contributed by atoms with van der Waals surface area (Å²) in [6, 6.07) is 0. The molecule has 0 radical (unpaired) electrons. The highest BCUT2D eigenvalue weighted by Gasteiger charge is 2.06. The van der Waals surface area contributed by atoms with Gasteiger partial charge in [-0.15, -0.1) is 0 Å². The molecule has 0 amide bonds. The van der Waals surface area contributed by atoms with Crippen molar-refractivity contribution in [2.45, 2.75) is 33.3 Å². The minimum atomic E-state index is -0.329. The van der Waals surface area contributed by atoms with Crippen molar-refractivity contribution in [2.75, 3.05) is 0 Å². The smallest absolute Gasteiger partial charge is 0.145 e. The molecule has 1 atom stereocenters. The molecule has 0 aromatic rings. The van der Waals surface area contributed by atoms with Gasteiger partial charge in [0.05, 0.1) is 6.10 Å². The highest BCUT2D eigenvalue weighted by Crippen LogP contribution is 2.06. The maximum absolute atomic E-state index is 10.1. The van der Waals surface area contributed by atoms with E-state index in [4.69, 9.17) is 0 Å². The van der Waals surface area contributed by atoms with Gasteiger partial charge in [0, 0.05) is 0 Å². The predicted molar refractivity (Wildman–Crippen MR) is 45.3 cm³/mol. The average molecular weight is 156 g/mol. The molecule has 2 heteroatoms. The number of hydrogen-bond acceptors (Lipinski definition) is 2. The molecule has 2 nitrogen and oxygen atoms in total. The fourth-order valence-corrected chi connectivity index (χ4v) is 0.627. The Morgan fingerprint density at radius 3 is 2.45 bits per heavy atom. The predicted octanol–water partition coefficient (Wildman–Crippen LogP) is 1.54. The third-order valence-corrected chi connectivity index (χ3v) is 1.64. The largest absolute Gasteiger partial charge is 0.393 e. The molecule has 0 spiro atoms. The molecule has 0 bridgehead atoms. The molecule has 1 N–H and O–H groups in total. The monoisotopic (exact) mass is 156 g/mol. The molecular weight excluding hydrogens is 140 g/mol. The maximum atomic E-state index is 10.1. The standard InChI is InChI=1S/C9H16O2/c1-7(2)9(11)5-4-8(3)6-10/h4,6-7,9,11H,5H2,1-3H3/b8-4-. The topological polar surface area (TPSA) is 37.3 Å². The van der Waals surface area contributed by atoms with Crippen LogP contribution in [0.25, 0.3) is 0 Å². The second-order valence-corrected chi connectivity index (χ2v) is 3.11. The van der Waals surface area contributed by atoms with Crippen LogP contribution < -0.4 is 0 Å². The van der Waals surface area contributed by atoms with Crippen LogP contribution in [0.1, 0.15) is 27.2 Å². The quantitative estimate of drug-likeness (QED) is 0.495. The Balaban J connectivity index is 3.77. The number of aliphatic hydroxyl groups excluding tert-OH is 1. The zero-order valence-corrected chi connectivity index (χ0v) is 7.37. The lowest BCUT2D eigenvalue weighted by molar-refractivity contribution is -0.104. The lowest BCUT2D eigenvalue weighted by Gasteiger charge is -2.11. The first-order valence-corrected chi connectivity index (χ1v) is 3.88. The van der Waals surface area contributed by atoms with E-state index in [1.54, 1.807) is 13.0 Å². The van der Waals surface area contributed by atoms with Crippen LogP contribution in [0.15, 0.2) is 11.6 Å². The zero-order chi connectivity index (χ0) is 8.85. The minimum absolute atomic E-state index is 0.255. The van der Waals surface area contributed by atoms with Gasteiger partial charge in [0.1, 0.15) is 6.29 Å². The van der Waals surface area contributed by atoms with Crippen molar-refractivity contribution in [2.24, 2.45) is 5.92 Å². The Bertz CT molecular complexity index is 148. The third kappa shape index (κ3) is 4.73. The number of allylic oxidation sites excluding steroid dienone is 1. The van der Waals surface area contributed by atoms with Gasteiger partial charge in [-0.25, -0.2) is 0 Å². The first-order chi connectivity index (χ1) is 5.07. The van der Waals surface area contributed by atoms with E-state index >= 15 is 0 Å². The molecule has 0 aliphatic carbocycles. The molecule has 0 saturated carbocycles. The lowest BCUT2D eigenvalue weighted by Crippen LogP contribution is -2.13. The molecule has 0 saturated heterocycles. The van der Waals surface area contributed by atoms with E-state index in [2.05, 4.69) is 0 Å². The fourth-order valence-electron chi connectivity index (χ4n) is 0.627. The van der Waals surface area contributed by atoms with Crippen molar-refractivity contribution in [1.29, 1.82) is 0 Å². The maximum Gasteiger partial charge on any atom is 0.145 e. The van der Waals surface area contributed by atoms with Crippen LogP contribution in [0.2, 0.25) is 0 Å². The number of aldehydes is 1. The first kappa shape index (κ1) is 10.4. The molecule has 11 heavy (non-hydrogen) atoms. The number of carbonyl (C=O) groups is 1. The van der Waals surface area contributed by atoms with Gasteiger partial charge in [-0.3, -0.25) is 4.79 Å². The summed E-state index contributed by atoms with van der Waals surface area (Å²) in [5, 5.41) is 9.31. The van der Waals surface area contributed by atoms with E-state index in [0.717, 1.165) is 6.29 Å². The van der Waals surface area contributed by atoms with E-state index in [1.165, 1.54) is 0 Å². The summed E-state index contributed by atoms with van der Waals surface area (Å²) in [4.78, 5) is 10.1. The van der Waals surface area contributed by atoms with E-state index in [0.29, 0.717) is 12.0 Å². The van der Waals surface area contributed by atoms with E-state index in [1.807, 2.05) is 13.8 Å². The van der Waals surface area contributed by atoms with Gasteiger partial charge < -0.3 is 5.11 Å². The van der Waals surface area contributed by atoms with E-state index < -0.39 is 0 Å². The van der Waals surface area contributed by atoms with Gasteiger partial charge in [-0.1, -0.05) is 19.9 Å². The molecule has 0 heterocycles. The van der Waals surface area contributed by atoms with Crippen molar-refractivity contribution in [3.63, 3.8) is 0 Å². The van der Waals surface area contributed by atoms with Crippen LogP contribution in [0.4, 0.5) is 0 Å². The molecule has 0 aliphatic heterocycles. The Morgan fingerprint density at radius 1 is 1.55 bits per heavy atom. The Labute approximate surface area is 67.9 Å². The van der Waals surface area contributed by atoms with Crippen LogP contribution in [0.3, 0.4) is 0 Å². The highest BCUT2D eigenvalue weighted by molar-refractivity contribution is 5.71. The first-order valence-electron chi connectivity index (χ1n) is 3.88. The zero-order valence-electron chi connectivity index (χ0n) is 7.37. The summed E-state index contributed by atoms with van der Waals surface area (Å²) in [5.74, 6) is 0.255. The molecule has 0 aromatic carbocycles. The SMILES string of the molecule is C/C(C=O)=C/CC(O)C(C)C. The molecule has 0 aliphatic rings. The van der Waals surface area contributed by atoms with E-state index in [9.17, 15) is 9.90 Å². The van der Waals surface area contributed by atoms with Gasteiger partial charge in [-0.2, -0.15) is 0 Å². The van der Waals surface area contributed by atoms with Crippen molar-refractivity contribution >= 4 is 6.29 Å². The summed E-state index contributed by atoms with van der Waals surface area (Å²) >= 11 is 0. The fraction of sp³-hybridized carbons (Fsp3) is 0.667. The molecule has 0 aromatic heterocycles. The molecule has 64 valence electrons. The van der Waals surface area contributed by atoms with Crippen molar-refractivity contribution in [3.8, 4) is 0 Å². The number of rotatable bonds is 4. The molecule has 0 fully saturated rings. The van der Waals surface area contributed by atoms with Gasteiger partial charge in [0.2, 0.25) is 0 Å². The number of aliphatic hydroxyl groups is 1. The van der Waals surface area contributed by atoms with E-state index in [-0.39, 0.29) is 12.0 Å². The summed E-state index contributed by atoms with van der Waals surface area (Å²) in [6.45, 7) is 5.64. The van der Waals surface area contributed by atoms with Gasteiger partial charge in [-0.05, 0) is 24.8 Å². The summed E-state index contributed by atoms with van der Waals surface area (Å²) in [5.41, 5.74) is 0.685. The van der Waals surface area contributed by atoms with Crippen molar-refractivity contribution in [1.82, 2.24) is 0 Å². The average Bonchev–Trinajstić information content (AvgIpc) is 1.99. The Kier molecular flexibility index (Phi) is 4.79. The Hall–Kier alpha value is -0.630. The van der Waals surface area contributed by atoms with Gasteiger partial charge in [0.15, 0.2) is 0 Å². The lowest BCUT2D eigenvalue weighted by atomic mass is 10.0. The van der Waals surface area contributed by atoms with Crippen molar-refractivity contribution < 1.29 is 9.90 Å². The van der Waals surface area contributed by atoms with Crippen LogP contribution in [-0.4, -0.2) is 17.5 Å². The summed E-state index contributed by atoms with van der Waals surface area (Å²) in [6.07, 6.45) is 2.80. The van der Waals surface area contributed by atoms with Crippen LogP contribution in [0.5, 0.6) is 0 Å². The van der Waals surface area contributed by atoms with Crippen LogP contribution in [0, 0.1) is 5.92 Å². The second kappa shape index (κ2) is 5.08. The second-order valence-electron chi connectivity index (χ2n) is 3.11. The summed E-state index contributed by atoms with van der Waals surface area (Å²) in [7, 11) is 0. The number of carbonyl (C=O) groups excluding carboxylic acids is 1.